The summed E-state index contributed by atoms with van der Waals surface area (Å²) in [6.07, 6.45) is -13.1. The Balaban J connectivity index is 2.95. The van der Waals surface area contributed by atoms with Crippen LogP contribution in [-0.2, 0) is 4.79 Å². The molecule has 0 amide bonds. The summed E-state index contributed by atoms with van der Waals surface area (Å²) in [6, 6.07) is 0. The lowest BCUT2D eigenvalue weighted by Crippen LogP contribution is -2.69. The van der Waals surface area contributed by atoms with Crippen molar-refractivity contribution in [3.8, 4) is 0 Å². The molecule has 1 aliphatic carbocycles. The first-order valence-corrected chi connectivity index (χ1v) is 10.2. The number of halogens is 16. The molecular weight excluding hydrogens is 648 g/mol. The highest BCUT2D eigenvalue weighted by molar-refractivity contribution is 14.1. The fourth-order valence-electron chi connectivity index (χ4n) is 3.30. The van der Waals surface area contributed by atoms with E-state index in [1.807, 2.05) is 0 Å². The van der Waals surface area contributed by atoms with E-state index in [0.29, 0.717) is 12.2 Å². The van der Waals surface area contributed by atoms with E-state index in [1.165, 1.54) is 0 Å². The first kappa shape index (κ1) is 31.9. The summed E-state index contributed by atoms with van der Waals surface area (Å²) < 4.78 is 195. The number of alkyl halides is 16. The minimum Gasteiger partial charge on any atom is -0.481 e. The predicted molar refractivity (Wildman–Crippen MR) is 95.8 cm³/mol. The van der Waals surface area contributed by atoms with Gasteiger partial charge in [-0.15, -0.1) is 0 Å². The van der Waals surface area contributed by atoms with Gasteiger partial charge < -0.3 is 5.11 Å². The Bertz CT molecular complexity index is 821. The van der Waals surface area contributed by atoms with Crippen molar-refractivity contribution in [2.45, 2.75) is 77.2 Å². The fraction of sp³-hybridized carbons (Fsp3) is 0.824. The first-order chi connectivity index (χ1) is 15.2. The van der Waals surface area contributed by atoms with Crippen molar-refractivity contribution in [2.75, 3.05) is 0 Å². The molecule has 0 aromatic carbocycles. The van der Waals surface area contributed by atoms with Crippen molar-refractivity contribution in [1.29, 1.82) is 0 Å². The van der Waals surface area contributed by atoms with E-state index < -0.39 is 89.1 Å². The zero-order valence-corrected chi connectivity index (χ0v) is 18.8. The molecule has 0 aromatic rings. The van der Waals surface area contributed by atoms with Crippen molar-refractivity contribution < 1.29 is 75.8 Å². The second kappa shape index (κ2) is 9.33. The molecule has 2 unspecified atom stereocenters. The van der Waals surface area contributed by atoms with Gasteiger partial charge in [-0.05, 0) is 19.3 Å². The second-order valence-corrected chi connectivity index (χ2v) is 9.95. The van der Waals surface area contributed by atoms with Crippen LogP contribution in [-0.4, -0.2) is 56.2 Å². The smallest absolute Gasteiger partial charge is 0.460 e. The van der Waals surface area contributed by atoms with Crippen LogP contribution in [0.25, 0.3) is 0 Å². The lowest BCUT2D eigenvalue weighted by atomic mass is 9.71. The second-order valence-electron chi connectivity index (χ2n) is 7.80. The van der Waals surface area contributed by atoms with Gasteiger partial charge in [0.2, 0.25) is 0 Å². The Morgan fingerprint density at radius 3 is 1.80 bits per heavy atom. The molecule has 1 saturated carbocycles. The third-order valence-electron chi connectivity index (χ3n) is 5.22. The highest BCUT2D eigenvalue weighted by Gasteiger charge is 2.83. The van der Waals surface area contributed by atoms with Crippen LogP contribution in [0.1, 0.15) is 32.1 Å². The topological polar surface area (TPSA) is 37.3 Å². The number of hydrogen-bond acceptors (Lipinski definition) is 1. The van der Waals surface area contributed by atoms with Crippen LogP contribution in [0, 0.1) is 5.92 Å². The van der Waals surface area contributed by atoms with Crippen LogP contribution in [0.2, 0.25) is 0 Å². The first-order valence-electron chi connectivity index (χ1n) is 9.13. The van der Waals surface area contributed by atoms with Crippen molar-refractivity contribution in [1.82, 2.24) is 0 Å². The quantitative estimate of drug-likeness (QED) is 0.0902. The maximum absolute atomic E-state index is 14.0. The van der Waals surface area contributed by atoms with E-state index in [0.717, 1.165) is 22.6 Å². The summed E-state index contributed by atoms with van der Waals surface area (Å²) in [5.74, 6) is -42.8. The Kier molecular flexibility index (Phi) is 8.50. The van der Waals surface area contributed by atoms with E-state index in [1.54, 1.807) is 0 Å². The van der Waals surface area contributed by atoms with E-state index in [9.17, 15) is 70.7 Å². The maximum Gasteiger partial charge on any atom is 0.460 e. The largest absolute Gasteiger partial charge is 0.481 e. The molecule has 1 fully saturated rings. The molecule has 18 heteroatoms. The molecule has 0 bridgehead atoms. The average Bonchev–Trinajstić information content (AvgIpc) is 2.60. The number of aliphatic carboxylic acids is 1. The van der Waals surface area contributed by atoms with Crippen LogP contribution in [0.4, 0.5) is 65.9 Å². The van der Waals surface area contributed by atoms with Gasteiger partial charge in [0.1, 0.15) is 5.92 Å². The molecule has 1 N–H and O–H groups in total. The van der Waals surface area contributed by atoms with Crippen LogP contribution < -0.4 is 0 Å². The number of hydrogen-bond donors (Lipinski definition) is 1. The number of carboxylic acids is 1. The zero-order chi connectivity index (χ0) is 28.1. The van der Waals surface area contributed by atoms with Gasteiger partial charge in [-0.1, -0.05) is 34.7 Å². The summed E-state index contributed by atoms with van der Waals surface area (Å²) in [5, 5.41) is 8.96. The van der Waals surface area contributed by atoms with Gasteiger partial charge in [-0.25, -0.2) is 0 Å². The van der Waals surface area contributed by atoms with Crippen molar-refractivity contribution in [3.05, 3.63) is 12.2 Å². The minimum absolute atomic E-state index is 0.610. The average molecular weight is 662 g/mol. The number of allylic oxidation sites excluding steroid dienone is 2. The van der Waals surface area contributed by atoms with Crippen LogP contribution in [0.15, 0.2) is 12.2 Å². The molecule has 0 saturated heterocycles. The summed E-state index contributed by atoms with van der Waals surface area (Å²) in [6.45, 7) is 0. The summed E-state index contributed by atoms with van der Waals surface area (Å²) in [7, 11) is 0. The van der Waals surface area contributed by atoms with E-state index >= 15 is 0 Å². The summed E-state index contributed by atoms with van der Waals surface area (Å²) in [5.41, 5.74) is 0. The van der Waals surface area contributed by atoms with Crippen LogP contribution in [0.5, 0.6) is 0 Å². The Labute approximate surface area is 200 Å². The molecule has 0 radical (unpaired) electrons. The van der Waals surface area contributed by atoms with E-state index in [4.69, 9.17) is 5.11 Å². The number of carboxylic acid groups (broad SMARTS) is 1. The molecule has 2 atom stereocenters. The molecule has 0 aromatic heterocycles. The lowest BCUT2D eigenvalue weighted by Gasteiger charge is -2.48. The molecule has 0 aliphatic heterocycles. The molecule has 206 valence electrons. The van der Waals surface area contributed by atoms with Gasteiger partial charge in [0, 0.05) is 12.8 Å². The normalized spacial score (nSPS) is 27.3. The van der Waals surface area contributed by atoms with Crippen molar-refractivity contribution in [3.63, 3.8) is 0 Å². The predicted octanol–water partition coefficient (Wildman–Crippen LogP) is 7.76. The summed E-state index contributed by atoms with van der Waals surface area (Å²) in [4.78, 5) is 11.2. The standard InChI is InChI=1S/C17H14F15IO2/c18-11(19,15(26,27)16(28,29)17(30,31)32)6-4-2-1-3-5-10(33)7-12(20,21)14(24,25)13(22,23)8(10)9(34)35/h1,3,8H,2,4-7H2,(H,34,35). The van der Waals surface area contributed by atoms with Gasteiger partial charge >= 0.3 is 47.7 Å². The van der Waals surface area contributed by atoms with Gasteiger partial charge in [-0.3, -0.25) is 4.79 Å². The molecule has 0 spiro atoms. The van der Waals surface area contributed by atoms with Gasteiger partial charge in [-0.2, -0.15) is 65.9 Å². The monoisotopic (exact) mass is 662 g/mol. The highest BCUT2D eigenvalue weighted by atomic mass is 127. The fourth-order valence-corrected chi connectivity index (χ4v) is 4.69. The zero-order valence-electron chi connectivity index (χ0n) is 16.7. The van der Waals surface area contributed by atoms with Crippen LogP contribution >= 0.6 is 22.6 Å². The van der Waals surface area contributed by atoms with Gasteiger partial charge in [0.05, 0.1) is 3.42 Å². The van der Waals surface area contributed by atoms with E-state index in [-0.39, 0.29) is 0 Å². The molecule has 1 rings (SSSR count). The highest BCUT2D eigenvalue weighted by Crippen LogP contribution is 2.63. The van der Waals surface area contributed by atoms with Crippen molar-refractivity contribution >= 4 is 28.6 Å². The molecule has 2 nitrogen and oxygen atoms in total. The van der Waals surface area contributed by atoms with Crippen LogP contribution in [0.3, 0.4) is 0 Å². The van der Waals surface area contributed by atoms with Gasteiger partial charge in [0.15, 0.2) is 0 Å². The Hall–Kier alpha value is -1.11. The number of carbonyl (C=O) groups is 1. The molecule has 35 heavy (non-hydrogen) atoms. The molecule has 0 heterocycles. The molecular formula is C17H14F15IO2. The Morgan fingerprint density at radius 2 is 1.37 bits per heavy atom. The maximum atomic E-state index is 14.0. The SMILES string of the molecule is O=C(O)C1C(I)(CC=CCCCC(F)(F)C(F)(F)C(F)(F)C(F)(F)F)CC(F)(F)C(F)(F)C1(F)F. The lowest BCUT2D eigenvalue weighted by molar-refractivity contribution is -0.396. The summed E-state index contributed by atoms with van der Waals surface area (Å²) >= 11 is 0.800. The van der Waals surface area contributed by atoms with Gasteiger partial charge in [0.25, 0.3) is 0 Å². The van der Waals surface area contributed by atoms with Crippen molar-refractivity contribution in [2.24, 2.45) is 5.92 Å². The molecule has 1 aliphatic rings. The number of unbranched alkanes of at least 4 members (excludes halogenated alkanes) is 1. The van der Waals surface area contributed by atoms with E-state index in [2.05, 4.69) is 0 Å². The number of rotatable bonds is 9. The third-order valence-corrected chi connectivity index (χ3v) is 6.66. The minimum atomic E-state index is -7.09. The third kappa shape index (κ3) is 5.31. The Morgan fingerprint density at radius 1 is 0.886 bits per heavy atom.